The Kier molecular flexibility index (Phi) is 3.17. The Hall–Kier alpha value is -1.62. The zero-order valence-corrected chi connectivity index (χ0v) is 12.9. The van der Waals surface area contributed by atoms with Crippen LogP contribution in [0.25, 0.3) is 10.9 Å². The average Bonchev–Trinajstić information content (AvgIpc) is 2.71. The summed E-state index contributed by atoms with van der Waals surface area (Å²) in [5, 5.41) is 0.957. The molecule has 0 saturated heterocycles. The zero-order valence-electron chi connectivity index (χ0n) is 11.3. The van der Waals surface area contributed by atoms with E-state index in [0.717, 1.165) is 26.6 Å². The van der Waals surface area contributed by atoms with Crippen molar-refractivity contribution >= 4 is 38.6 Å². The summed E-state index contributed by atoms with van der Waals surface area (Å²) < 4.78 is 7.75. The highest BCUT2D eigenvalue weighted by atomic mass is 79.9. The van der Waals surface area contributed by atoms with Crippen LogP contribution < -0.4 is 0 Å². The first-order valence-electron chi connectivity index (χ1n) is 6.40. The van der Waals surface area contributed by atoms with Crippen LogP contribution in [0.2, 0.25) is 0 Å². The first-order chi connectivity index (χ1) is 9.52. The second-order valence-corrected chi connectivity index (χ2v) is 6.01. The van der Waals surface area contributed by atoms with Gasteiger partial charge in [-0.25, -0.2) is 0 Å². The van der Waals surface area contributed by atoms with Crippen molar-refractivity contribution in [2.45, 2.75) is 12.8 Å². The van der Waals surface area contributed by atoms with E-state index in [1.54, 1.807) is 0 Å². The van der Waals surface area contributed by atoms with E-state index in [-0.39, 0.29) is 24.1 Å². The molecule has 1 atom stereocenters. The van der Waals surface area contributed by atoms with Crippen molar-refractivity contribution in [2.24, 2.45) is 13.0 Å². The number of aromatic nitrogens is 1. The molecular formula is C15H14BrNO3. The largest absolute Gasteiger partial charge is 0.469 e. The molecule has 2 aromatic rings. The number of rotatable bonds is 1. The average molecular weight is 336 g/mol. The van der Waals surface area contributed by atoms with Gasteiger partial charge in [0, 0.05) is 46.5 Å². The second kappa shape index (κ2) is 4.74. The van der Waals surface area contributed by atoms with Gasteiger partial charge < -0.3 is 9.30 Å². The van der Waals surface area contributed by atoms with Gasteiger partial charge in [0.25, 0.3) is 0 Å². The predicted octanol–water partition coefficient (Wildman–Crippen LogP) is 2.86. The van der Waals surface area contributed by atoms with Crippen molar-refractivity contribution in [3.8, 4) is 0 Å². The molecule has 20 heavy (non-hydrogen) atoms. The first kappa shape index (κ1) is 13.4. The monoisotopic (exact) mass is 335 g/mol. The molecule has 1 aliphatic rings. The molecule has 1 aromatic carbocycles. The Balaban J connectivity index is 2.19. The smallest absolute Gasteiger partial charge is 0.309 e. The maximum atomic E-state index is 12.4. The van der Waals surface area contributed by atoms with Crippen molar-refractivity contribution in [2.75, 3.05) is 7.11 Å². The molecule has 104 valence electrons. The summed E-state index contributed by atoms with van der Waals surface area (Å²) in [7, 11) is 3.29. The predicted molar refractivity (Wildman–Crippen MR) is 78.8 cm³/mol. The lowest BCUT2D eigenvalue weighted by atomic mass is 9.86. The number of carbonyl (C=O) groups is 2. The van der Waals surface area contributed by atoms with Crippen LogP contribution in [0.15, 0.2) is 22.7 Å². The van der Waals surface area contributed by atoms with Crippen molar-refractivity contribution in [1.29, 1.82) is 0 Å². The van der Waals surface area contributed by atoms with Crippen molar-refractivity contribution < 1.29 is 14.3 Å². The van der Waals surface area contributed by atoms with Gasteiger partial charge in [0.2, 0.25) is 0 Å². The van der Waals surface area contributed by atoms with Crippen molar-refractivity contribution in [3.05, 3.63) is 33.9 Å². The minimum Gasteiger partial charge on any atom is -0.469 e. The van der Waals surface area contributed by atoms with Crippen LogP contribution in [-0.4, -0.2) is 23.4 Å². The lowest BCUT2D eigenvalue weighted by Gasteiger charge is -2.20. The third kappa shape index (κ3) is 1.88. The van der Waals surface area contributed by atoms with Crippen LogP contribution in [0, 0.1) is 5.92 Å². The normalized spacial score (nSPS) is 18.1. The quantitative estimate of drug-likeness (QED) is 0.753. The Bertz CT molecular complexity index is 732. The van der Waals surface area contributed by atoms with E-state index in [2.05, 4.69) is 15.9 Å². The summed E-state index contributed by atoms with van der Waals surface area (Å²) in [6.45, 7) is 0. The minimum absolute atomic E-state index is 0.0228. The molecule has 0 fully saturated rings. The maximum absolute atomic E-state index is 12.4. The van der Waals surface area contributed by atoms with Gasteiger partial charge in [-0.3, -0.25) is 9.59 Å². The summed E-state index contributed by atoms with van der Waals surface area (Å²) >= 11 is 3.45. The van der Waals surface area contributed by atoms with Gasteiger partial charge in [-0.2, -0.15) is 0 Å². The molecule has 1 aromatic heterocycles. The van der Waals surface area contributed by atoms with Crippen LogP contribution >= 0.6 is 15.9 Å². The van der Waals surface area contributed by atoms with E-state index in [0.29, 0.717) is 6.42 Å². The zero-order chi connectivity index (χ0) is 14.4. The number of halogens is 1. The molecule has 4 nitrogen and oxygen atoms in total. The number of ketones is 1. The molecule has 5 heteroatoms. The molecule has 0 radical (unpaired) electrons. The van der Waals surface area contributed by atoms with E-state index in [1.807, 2.05) is 29.8 Å². The number of nitrogens with zero attached hydrogens (tertiary/aromatic N) is 1. The lowest BCUT2D eigenvalue weighted by molar-refractivity contribution is -0.145. The standard InChI is InChI=1S/C15H14BrNO3/c1-17-11-7-9(16)3-4-10(11)14-12(17)5-8(6-13(14)18)15(19)20-2/h3-4,7-8H,5-6H2,1-2H3. The summed E-state index contributed by atoms with van der Waals surface area (Å²) in [5.74, 6) is -0.656. The number of aryl methyl sites for hydroxylation is 1. The topological polar surface area (TPSA) is 48.3 Å². The molecule has 0 bridgehead atoms. The number of hydrogen-bond acceptors (Lipinski definition) is 3. The van der Waals surface area contributed by atoms with Gasteiger partial charge in [0.1, 0.15) is 0 Å². The highest BCUT2D eigenvalue weighted by Crippen LogP contribution is 2.35. The molecule has 1 heterocycles. The van der Waals surface area contributed by atoms with E-state index < -0.39 is 0 Å². The number of fused-ring (bicyclic) bond motifs is 3. The third-order valence-corrected chi connectivity index (χ3v) is 4.46. The summed E-state index contributed by atoms with van der Waals surface area (Å²) in [5.41, 5.74) is 2.68. The molecule has 0 spiro atoms. The fourth-order valence-corrected chi connectivity index (χ4v) is 3.33. The fraction of sp³-hybridized carbons (Fsp3) is 0.333. The number of carbonyl (C=O) groups excluding carboxylic acids is 2. The molecule has 1 aliphatic carbocycles. The van der Waals surface area contributed by atoms with Crippen molar-refractivity contribution in [3.63, 3.8) is 0 Å². The maximum Gasteiger partial charge on any atom is 0.309 e. The Morgan fingerprint density at radius 2 is 2.15 bits per heavy atom. The van der Waals surface area contributed by atoms with Gasteiger partial charge in [0.05, 0.1) is 13.0 Å². The number of esters is 1. The van der Waals surface area contributed by atoms with Gasteiger partial charge in [-0.15, -0.1) is 0 Å². The van der Waals surface area contributed by atoms with Crippen LogP contribution in [-0.2, 0) is 23.0 Å². The SMILES string of the molecule is COC(=O)C1CC(=O)c2c(n(C)c3cc(Br)ccc23)C1. The number of ether oxygens (including phenoxy) is 1. The second-order valence-electron chi connectivity index (χ2n) is 5.09. The van der Waals surface area contributed by atoms with Gasteiger partial charge in [0.15, 0.2) is 5.78 Å². The Morgan fingerprint density at radius 3 is 2.85 bits per heavy atom. The molecule has 0 saturated carbocycles. The van der Waals surface area contributed by atoms with Gasteiger partial charge >= 0.3 is 5.97 Å². The molecule has 0 N–H and O–H groups in total. The van der Waals surface area contributed by atoms with E-state index in [1.165, 1.54) is 7.11 Å². The molecular weight excluding hydrogens is 322 g/mol. The highest BCUT2D eigenvalue weighted by Gasteiger charge is 2.34. The van der Waals surface area contributed by atoms with Crippen LogP contribution in [0.5, 0.6) is 0 Å². The molecule has 0 amide bonds. The number of methoxy groups -OCH3 is 1. The summed E-state index contributed by atoms with van der Waals surface area (Å²) in [6.07, 6.45) is 0.783. The molecule has 1 unspecified atom stereocenters. The summed E-state index contributed by atoms with van der Waals surface area (Å²) in [6, 6.07) is 5.88. The number of Topliss-reactive ketones (excluding diaryl/α,β-unsaturated/α-hetero) is 1. The van der Waals surface area contributed by atoms with Gasteiger partial charge in [-0.05, 0) is 12.1 Å². The number of hydrogen-bond donors (Lipinski definition) is 0. The third-order valence-electron chi connectivity index (χ3n) is 3.97. The lowest BCUT2D eigenvalue weighted by Crippen LogP contribution is -2.28. The molecule has 3 rings (SSSR count). The van der Waals surface area contributed by atoms with Crippen LogP contribution in [0.4, 0.5) is 0 Å². The fourth-order valence-electron chi connectivity index (χ4n) is 2.98. The Morgan fingerprint density at radius 1 is 1.40 bits per heavy atom. The summed E-state index contributed by atoms with van der Waals surface area (Å²) in [4.78, 5) is 24.1. The van der Waals surface area contributed by atoms with Crippen molar-refractivity contribution in [1.82, 2.24) is 4.57 Å². The molecule has 0 aliphatic heterocycles. The highest BCUT2D eigenvalue weighted by molar-refractivity contribution is 9.10. The van der Waals surface area contributed by atoms with Crippen LogP contribution in [0.3, 0.4) is 0 Å². The first-order valence-corrected chi connectivity index (χ1v) is 7.20. The van der Waals surface area contributed by atoms with E-state index >= 15 is 0 Å². The van der Waals surface area contributed by atoms with Crippen LogP contribution in [0.1, 0.15) is 22.5 Å². The van der Waals surface area contributed by atoms with E-state index in [4.69, 9.17) is 4.74 Å². The minimum atomic E-state index is -0.369. The Labute approximate surface area is 124 Å². The number of benzene rings is 1. The van der Waals surface area contributed by atoms with Gasteiger partial charge in [-0.1, -0.05) is 22.0 Å². The van der Waals surface area contributed by atoms with E-state index in [9.17, 15) is 9.59 Å².